The van der Waals surface area contributed by atoms with E-state index in [2.05, 4.69) is 20.0 Å². The second-order valence-corrected chi connectivity index (χ2v) is 6.29. The molecular formula is C18H20N6O2. The largest absolute Gasteiger partial charge is 0.390 e. The van der Waals surface area contributed by atoms with E-state index in [9.17, 15) is 9.90 Å². The Labute approximate surface area is 150 Å². The van der Waals surface area contributed by atoms with Gasteiger partial charge in [-0.1, -0.05) is 0 Å². The summed E-state index contributed by atoms with van der Waals surface area (Å²) in [4.78, 5) is 24.4. The summed E-state index contributed by atoms with van der Waals surface area (Å²) < 4.78 is 1.73. The molecule has 3 aromatic rings. The highest BCUT2D eigenvalue weighted by Gasteiger charge is 2.20. The van der Waals surface area contributed by atoms with Crippen molar-refractivity contribution in [1.29, 1.82) is 0 Å². The minimum Gasteiger partial charge on any atom is -0.390 e. The van der Waals surface area contributed by atoms with E-state index in [4.69, 9.17) is 0 Å². The van der Waals surface area contributed by atoms with Crippen molar-refractivity contribution in [2.45, 2.75) is 13.5 Å². The molecular weight excluding hydrogens is 332 g/mol. The second-order valence-electron chi connectivity index (χ2n) is 6.29. The van der Waals surface area contributed by atoms with Crippen LogP contribution in [0.1, 0.15) is 12.6 Å². The standard InChI is InChI=1S/C18H20N6O2/c1-13(26)22-6-8-23(9-7-22)18-10-14(4-5-19-18)16-11-20-17-3-2-15(12-25)21-24(16)17/h2-5,10-11,25H,6-9,12H2,1H3. The van der Waals surface area contributed by atoms with Gasteiger partial charge in [-0.2, -0.15) is 5.10 Å². The minimum absolute atomic E-state index is 0.114. The number of nitrogens with zero attached hydrogens (tertiary/aromatic N) is 6. The predicted molar refractivity (Wildman–Crippen MR) is 96.6 cm³/mol. The number of fused-ring (bicyclic) bond motifs is 1. The Hall–Kier alpha value is -3.00. The zero-order chi connectivity index (χ0) is 18.1. The van der Waals surface area contributed by atoms with Crippen LogP contribution in [0.5, 0.6) is 0 Å². The van der Waals surface area contributed by atoms with Crippen molar-refractivity contribution in [3.63, 3.8) is 0 Å². The molecule has 0 radical (unpaired) electrons. The molecule has 3 aromatic heterocycles. The lowest BCUT2D eigenvalue weighted by Gasteiger charge is -2.35. The van der Waals surface area contributed by atoms with E-state index in [0.29, 0.717) is 18.8 Å². The van der Waals surface area contributed by atoms with Gasteiger partial charge >= 0.3 is 0 Å². The van der Waals surface area contributed by atoms with Crippen molar-refractivity contribution in [1.82, 2.24) is 24.5 Å². The van der Waals surface area contributed by atoms with Gasteiger partial charge in [-0.25, -0.2) is 14.5 Å². The predicted octanol–water partition coefficient (Wildman–Crippen LogP) is 0.952. The average molecular weight is 352 g/mol. The molecule has 8 nitrogen and oxygen atoms in total. The van der Waals surface area contributed by atoms with E-state index >= 15 is 0 Å². The summed E-state index contributed by atoms with van der Waals surface area (Å²) in [5.41, 5.74) is 3.12. The van der Waals surface area contributed by atoms with E-state index in [0.717, 1.165) is 35.8 Å². The van der Waals surface area contributed by atoms with Crippen LogP contribution in [0.25, 0.3) is 16.9 Å². The van der Waals surface area contributed by atoms with Crippen LogP contribution >= 0.6 is 0 Å². The van der Waals surface area contributed by atoms with Crippen LogP contribution < -0.4 is 4.90 Å². The number of hydrogen-bond donors (Lipinski definition) is 1. The molecule has 1 fully saturated rings. The second kappa shape index (κ2) is 6.72. The number of anilines is 1. The number of aromatic nitrogens is 4. The summed E-state index contributed by atoms with van der Waals surface area (Å²) in [5, 5.41) is 13.8. The van der Waals surface area contributed by atoms with Gasteiger partial charge in [-0.05, 0) is 24.3 Å². The summed E-state index contributed by atoms with van der Waals surface area (Å²) in [6.07, 6.45) is 3.55. The van der Waals surface area contributed by atoms with Crippen LogP contribution in [0, 0.1) is 0 Å². The highest BCUT2D eigenvalue weighted by atomic mass is 16.3. The fraction of sp³-hybridized carbons (Fsp3) is 0.333. The fourth-order valence-electron chi connectivity index (χ4n) is 3.19. The number of aliphatic hydroxyl groups is 1. The normalized spacial score (nSPS) is 14.8. The maximum Gasteiger partial charge on any atom is 0.219 e. The Kier molecular flexibility index (Phi) is 4.26. The molecule has 134 valence electrons. The quantitative estimate of drug-likeness (QED) is 0.755. The molecule has 1 N–H and O–H groups in total. The van der Waals surface area contributed by atoms with E-state index < -0.39 is 0 Å². The first kappa shape index (κ1) is 16.5. The lowest BCUT2D eigenvalue weighted by molar-refractivity contribution is -0.129. The Morgan fingerprint density at radius 3 is 2.69 bits per heavy atom. The zero-order valence-electron chi connectivity index (χ0n) is 14.5. The van der Waals surface area contributed by atoms with Crippen molar-refractivity contribution in [2.75, 3.05) is 31.1 Å². The van der Waals surface area contributed by atoms with Crippen molar-refractivity contribution in [2.24, 2.45) is 0 Å². The summed E-state index contributed by atoms with van der Waals surface area (Å²) in [6.45, 7) is 4.42. The number of aliphatic hydroxyl groups excluding tert-OH is 1. The van der Waals surface area contributed by atoms with Crippen molar-refractivity contribution < 1.29 is 9.90 Å². The first-order valence-corrected chi connectivity index (χ1v) is 8.57. The number of piperazine rings is 1. The third-order valence-corrected chi connectivity index (χ3v) is 4.67. The molecule has 0 saturated carbocycles. The lowest BCUT2D eigenvalue weighted by atomic mass is 10.2. The average Bonchev–Trinajstić information content (AvgIpc) is 3.11. The number of hydrogen-bond acceptors (Lipinski definition) is 6. The van der Waals surface area contributed by atoms with Gasteiger partial charge in [0.2, 0.25) is 5.91 Å². The molecule has 0 spiro atoms. The van der Waals surface area contributed by atoms with Gasteiger partial charge in [0.05, 0.1) is 24.2 Å². The Balaban J connectivity index is 1.63. The number of imidazole rings is 1. The maximum atomic E-state index is 11.5. The van der Waals surface area contributed by atoms with Crippen molar-refractivity contribution >= 4 is 17.4 Å². The van der Waals surface area contributed by atoms with Gasteiger partial charge in [0.25, 0.3) is 0 Å². The first-order chi connectivity index (χ1) is 12.7. The topological polar surface area (TPSA) is 86.9 Å². The van der Waals surface area contributed by atoms with Crippen LogP contribution in [-0.2, 0) is 11.4 Å². The van der Waals surface area contributed by atoms with Gasteiger partial charge in [0, 0.05) is 44.9 Å². The molecule has 1 saturated heterocycles. The molecule has 1 aliphatic heterocycles. The summed E-state index contributed by atoms with van der Waals surface area (Å²) >= 11 is 0. The summed E-state index contributed by atoms with van der Waals surface area (Å²) in [7, 11) is 0. The van der Waals surface area contributed by atoms with Crippen molar-refractivity contribution in [3.05, 3.63) is 42.4 Å². The van der Waals surface area contributed by atoms with Crippen LogP contribution in [0.3, 0.4) is 0 Å². The van der Waals surface area contributed by atoms with E-state index in [1.807, 2.05) is 23.1 Å². The number of amides is 1. The van der Waals surface area contributed by atoms with Gasteiger partial charge in [0.1, 0.15) is 5.82 Å². The van der Waals surface area contributed by atoms with Crippen LogP contribution in [0.4, 0.5) is 5.82 Å². The van der Waals surface area contributed by atoms with E-state index in [1.165, 1.54) is 0 Å². The van der Waals surface area contributed by atoms with Crippen molar-refractivity contribution in [3.8, 4) is 11.3 Å². The number of carbonyl (C=O) groups is 1. The number of pyridine rings is 1. The molecule has 1 amide bonds. The van der Waals surface area contributed by atoms with E-state index in [-0.39, 0.29) is 12.5 Å². The number of rotatable bonds is 3. The molecule has 0 bridgehead atoms. The number of carbonyl (C=O) groups excluding carboxylic acids is 1. The van der Waals surface area contributed by atoms with Gasteiger partial charge in [-0.3, -0.25) is 4.79 Å². The zero-order valence-corrected chi connectivity index (χ0v) is 14.5. The molecule has 4 heterocycles. The fourth-order valence-corrected chi connectivity index (χ4v) is 3.19. The Bertz CT molecular complexity index is 946. The highest BCUT2D eigenvalue weighted by Crippen LogP contribution is 2.24. The summed E-state index contributed by atoms with van der Waals surface area (Å²) in [5.74, 6) is 0.988. The van der Waals surface area contributed by atoms with Crippen LogP contribution in [0.15, 0.2) is 36.7 Å². The molecule has 26 heavy (non-hydrogen) atoms. The Morgan fingerprint density at radius 2 is 1.96 bits per heavy atom. The molecule has 0 unspecified atom stereocenters. The third kappa shape index (κ3) is 2.99. The smallest absolute Gasteiger partial charge is 0.219 e. The molecule has 8 heteroatoms. The van der Waals surface area contributed by atoms with Crippen LogP contribution in [-0.4, -0.2) is 61.7 Å². The molecule has 0 aromatic carbocycles. The highest BCUT2D eigenvalue weighted by molar-refractivity contribution is 5.73. The third-order valence-electron chi connectivity index (χ3n) is 4.67. The van der Waals surface area contributed by atoms with E-state index in [1.54, 1.807) is 29.9 Å². The van der Waals surface area contributed by atoms with Crippen LogP contribution in [0.2, 0.25) is 0 Å². The maximum absolute atomic E-state index is 11.5. The molecule has 1 aliphatic rings. The minimum atomic E-state index is -0.115. The monoisotopic (exact) mass is 352 g/mol. The molecule has 0 atom stereocenters. The Morgan fingerprint density at radius 1 is 1.15 bits per heavy atom. The lowest BCUT2D eigenvalue weighted by Crippen LogP contribution is -2.48. The molecule has 4 rings (SSSR count). The van der Waals surface area contributed by atoms with Gasteiger partial charge in [-0.15, -0.1) is 0 Å². The van der Waals surface area contributed by atoms with Gasteiger partial charge in [0.15, 0.2) is 5.65 Å². The SMILES string of the molecule is CC(=O)N1CCN(c2cc(-c3cnc4ccc(CO)nn34)ccn2)CC1. The molecule has 0 aliphatic carbocycles. The summed E-state index contributed by atoms with van der Waals surface area (Å²) in [6, 6.07) is 7.54. The first-order valence-electron chi connectivity index (χ1n) is 8.57. The van der Waals surface area contributed by atoms with Gasteiger partial charge < -0.3 is 14.9 Å².